The molecule has 0 spiro atoms. The number of hydrogen-bond donors (Lipinski definition) is 1. The van der Waals surface area contributed by atoms with Crippen LogP contribution in [0.3, 0.4) is 0 Å². The predicted octanol–water partition coefficient (Wildman–Crippen LogP) is 3.66. The minimum atomic E-state index is 0.151. The van der Waals surface area contributed by atoms with Gasteiger partial charge in [0.1, 0.15) is 29.0 Å². The first-order chi connectivity index (χ1) is 13.2. The summed E-state index contributed by atoms with van der Waals surface area (Å²) >= 11 is 0. The topological polar surface area (TPSA) is 103 Å². The van der Waals surface area contributed by atoms with Gasteiger partial charge in [-0.2, -0.15) is 10.4 Å². The lowest BCUT2D eigenvalue weighted by Crippen LogP contribution is -1.99. The van der Waals surface area contributed by atoms with Gasteiger partial charge in [0, 0.05) is 17.3 Å². The fourth-order valence-corrected chi connectivity index (χ4v) is 2.79. The van der Waals surface area contributed by atoms with Crippen LogP contribution in [0.15, 0.2) is 65.5 Å². The zero-order valence-electron chi connectivity index (χ0n) is 14.5. The summed E-state index contributed by atoms with van der Waals surface area (Å²) < 4.78 is 12.3. The second-order valence-electron chi connectivity index (χ2n) is 5.78. The molecule has 4 aromatic rings. The van der Waals surface area contributed by atoms with Crippen LogP contribution in [0, 0.1) is 11.3 Å². The van der Waals surface area contributed by atoms with Gasteiger partial charge >= 0.3 is 0 Å². The number of aromatic nitrogens is 3. The normalized spacial score (nSPS) is 10.5. The highest BCUT2D eigenvalue weighted by atomic mass is 16.5. The zero-order chi connectivity index (χ0) is 18.8. The molecule has 0 saturated carbocycles. The maximum atomic E-state index is 9.42. The van der Waals surface area contributed by atoms with Gasteiger partial charge in [-0.05, 0) is 42.5 Å². The largest absolute Gasteiger partial charge is 0.497 e. The van der Waals surface area contributed by atoms with Crippen molar-refractivity contribution in [3.63, 3.8) is 0 Å². The van der Waals surface area contributed by atoms with Crippen molar-refractivity contribution in [2.24, 2.45) is 0 Å². The Labute approximate surface area is 155 Å². The molecular formula is C20H15N5O2. The molecule has 0 atom stereocenters. The number of methoxy groups -OCH3 is 1. The third kappa shape index (κ3) is 3.00. The van der Waals surface area contributed by atoms with Crippen molar-refractivity contribution in [1.82, 2.24) is 14.8 Å². The van der Waals surface area contributed by atoms with Crippen molar-refractivity contribution in [1.29, 1.82) is 5.26 Å². The molecule has 4 rings (SSSR count). The van der Waals surface area contributed by atoms with Crippen LogP contribution in [0.5, 0.6) is 5.75 Å². The van der Waals surface area contributed by atoms with Crippen molar-refractivity contribution in [3.8, 4) is 40.1 Å². The summed E-state index contributed by atoms with van der Waals surface area (Å²) in [4.78, 5) is 4.36. The van der Waals surface area contributed by atoms with Gasteiger partial charge in [0.25, 0.3) is 0 Å². The fraction of sp³-hybridized carbons (Fsp3) is 0.0500. The van der Waals surface area contributed by atoms with Gasteiger partial charge in [-0.1, -0.05) is 0 Å². The van der Waals surface area contributed by atoms with E-state index in [2.05, 4.69) is 16.2 Å². The van der Waals surface area contributed by atoms with E-state index in [1.807, 2.05) is 30.5 Å². The van der Waals surface area contributed by atoms with Crippen LogP contribution in [0.1, 0.15) is 5.56 Å². The number of benzene rings is 1. The first-order valence-electron chi connectivity index (χ1n) is 8.13. The Hall–Kier alpha value is -4.05. The first-order valence-corrected chi connectivity index (χ1v) is 8.13. The summed E-state index contributed by atoms with van der Waals surface area (Å²) in [5.41, 5.74) is 9.16. The van der Waals surface area contributed by atoms with Crippen molar-refractivity contribution in [2.75, 3.05) is 12.8 Å². The number of ether oxygens (including phenoxy) is 1. The molecule has 0 fully saturated rings. The molecule has 0 aliphatic carbocycles. The lowest BCUT2D eigenvalue weighted by atomic mass is 10.0. The number of nitriles is 1. The molecule has 27 heavy (non-hydrogen) atoms. The summed E-state index contributed by atoms with van der Waals surface area (Å²) in [6, 6.07) is 15.0. The average molecular weight is 357 g/mol. The van der Waals surface area contributed by atoms with Crippen molar-refractivity contribution >= 4 is 5.82 Å². The lowest BCUT2D eigenvalue weighted by Gasteiger charge is -2.07. The molecule has 0 bridgehead atoms. The van der Waals surface area contributed by atoms with Gasteiger partial charge in [-0.25, -0.2) is 9.67 Å². The van der Waals surface area contributed by atoms with Crippen molar-refractivity contribution < 1.29 is 9.15 Å². The monoisotopic (exact) mass is 357 g/mol. The summed E-state index contributed by atoms with van der Waals surface area (Å²) in [7, 11) is 1.62. The SMILES string of the molecule is COc1ccc(-n2cc(-c3cc(-c4ccco4)c(C#N)c(N)n3)cn2)cc1. The minimum Gasteiger partial charge on any atom is -0.497 e. The highest BCUT2D eigenvalue weighted by Gasteiger charge is 2.16. The van der Waals surface area contributed by atoms with Crippen LogP contribution in [0.25, 0.3) is 28.3 Å². The maximum Gasteiger partial charge on any atom is 0.142 e. The molecule has 0 saturated heterocycles. The molecule has 3 heterocycles. The number of nitrogens with zero attached hydrogens (tertiary/aromatic N) is 4. The quantitative estimate of drug-likeness (QED) is 0.598. The Morgan fingerprint density at radius 1 is 1.22 bits per heavy atom. The van der Waals surface area contributed by atoms with E-state index < -0.39 is 0 Å². The van der Waals surface area contributed by atoms with E-state index in [-0.39, 0.29) is 11.4 Å². The number of anilines is 1. The molecule has 0 radical (unpaired) electrons. The molecule has 0 aliphatic rings. The third-order valence-corrected chi connectivity index (χ3v) is 4.16. The molecule has 7 heteroatoms. The van der Waals surface area contributed by atoms with Gasteiger partial charge in [0.2, 0.25) is 0 Å². The van der Waals surface area contributed by atoms with Crippen LogP contribution in [-0.4, -0.2) is 21.9 Å². The Morgan fingerprint density at radius 2 is 2.04 bits per heavy atom. The molecule has 0 unspecified atom stereocenters. The van der Waals surface area contributed by atoms with Crippen LogP contribution in [-0.2, 0) is 0 Å². The molecule has 132 valence electrons. The number of rotatable bonds is 4. The van der Waals surface area contributed by atoms with E-state index in [1.165, 1.54) is 0 Å². The van der Waals surface area contributed by atoms with Crippen LogP contribution in [0.4, 0.5) is 5.82 Å². The number of pyridine rings is 1. The average Bonchev–Trinajstić information content (AvgIpc) is 3.39. The first kappa shape index (κ1) is 16.4. The van der Waals surface area contributed by atoms with E-state index >= 15 is 0 Å². The summed E-state index contributed by atoms with van der Waals surface area (Å²) in [6.07, 6.45) is 5.10. The number of furan rings is 1. The van der Waals surface area contributed by atoms with Gasteiger partial charge in [0.05, 0.1) is 31.0 Å². The van der Waals surface area contributed by atoms with E-state index in [1.54, 1.807) is 42.5 Å². The number of nitrogens with two attached hydrogens (primary N) is 1. The van der Waals surface area contributed by atoms with Crippen LogP contribution < -0.4 is 10.5 Å². The van der Waals surface area contributed by atoms with Crippen molar-refractivity contribution in [3.05, 3.63) is 66.7 Å². The second-order valence-corrected chi connectivity index (χ2v) is 5.78. The molecule has 3 aromatic heterocycles. The second kappa shape index (κ2) is 6.69. The standard InChI is InChI=1S/C20H15N5O2/c1-26-15-6-4-14(5-7-15)25-12-13(11-23-25)18-9-16(19-3-2-8-27-19)17(10-21)20(22)24-18/h2-9,11-12H,1H3,(H2,22,24). The third-order valence-electron chi connectivity index (χ3n) is 4.16. The van der Waals surface area contributed by atoms with Crippen LogP contribution in [0.2, 0.25) is 0 Å². The highest BCUT2D eigenvalue weighted by molar-refractivity contribution is 5.77. The predicted molar refractivity (Wildman–Crippen MR) is 100 cm³/mol. The van der Waals surface area contributed by atoms with E-state index in [0.29, 0.717) is 17.0 Å². The Balaban J connectivity index is 1.76. The molecule has 0 aliphatic heterocycles. The van der Waals surface area contributed by atoms with Crippen LogP contribution >= 0.6 is 0 Å². The molecular weight excluding hydrogens is 342 g/mol. The molecule has 0 amide bonds. The smallest absolute Gasteiger partial charge is 0.142 e. The molecule has 1 aromatic carbocycles. The summed E-state index contributed by atoms with van der Waals surface area (Å²) in [5, 5.41) is 13.8. The minimum absolute atomic E-state index is 0.151. The van der Waals surface area contributed by atoms with E-state index in [0.717, 1.165) is 17.0 Å². The van der Waals surface area contributed by atoms with Gasteiger partial charge < -0.3 is 14.9 Å². The zero-order valence-corrected chi connectivity index (χ0v) is 14.5. The molecule has 2 N–H and O–H groups in total. The summed E-state index contributed by atoms with van der Waals surface area (Å²) in [6.45, 7) is 0. The Kier molecular flexibility index (Phi) is 4.07. The van der Waals surface area contributed by atoms with Crippen molar-refractivity contribution in [2.45, 2.75) is 0 Å². The maximum absolute atomic E-state index is 9.42. The number of nitrogen functional groups attached to an aromatic ring is 1. The van der Waals surface area contributed by atoms with Gasteiger partial charge in [0.15, 0.2) is 0 Å². The molecule has 7 nitrogen and oxygen atoms in total. The Bertz CT molecular complexity index is 1120. The fourth-order valence-electron chi connectivity index (χ4n) is 2.79. The van der Waals surface area contributed by atoms with E-state index in [9.17, 15) is 5.26 Å². The van der Waals surface area contributed by atoms with Gasteiger partial charge in [-0.15, -0.1) is 0 Å². The summed E-state index contributed by atoms with van der Waals surface area (Å²) in [5.74, 6) is 1.48. The highest BCUT2D eigenvalue weighted by Crippen LogP contribution is 2.31. The van der Waals surface area contributed by atoms with E-state index in [4.69, 9.17) is 14.9 Å². The van der Waals surface area contributed by atoms with Gasteiger partial charge in [-0.3, -0.25) is 0 Å². The Morgan fingerprint density at radius 3 is 2.70 bits per heavy atom. The number of hydrogen-bond acceptors (Lipinski definition) is 6. The lowest BCUT2D eigenvalue weighted by molar-refractivity contribution is 0.414.